The van der Waals surface area contributed by atoms with Crippen LogP contribution in [0.3, 0.4) is 0 Å². The van der Waals surface area contributed by atoms with Gasteiger partial charge in [-0.15, -0.1) is 0 Å². The van der Waals surface area contributed by atoms with E-state index in [1.165, 1.54) is 7.11 Å². The van der Waals surface area contributed by atoms with Gasteiger partial charge in [-0.3, -0.25) is 19.2 Å². The zero-order valence-electron chi connectivity index (χ0n) is 34.4. The molecule has 0 radical (unpaired) electrons. The predicted octanol–water partition coefficient (Wildman–Crippen LogP) is 4.88. The molecule has 0 aromatic heterocycles. The molecule has 0 aliphatic carbocycles. The smallest absolute Gasteiger partial charge is 0.305 e. The fourth-order valence-corrected chi connectivity index (χ4v) is 14.1. The first-order valence-corrected chi connectivity index (χ1v) is 23.8. The Morgan fingerprint density at radius 2 is 1.79 bits per heavy atom. The Morgan fingerprint density at radius 3 is 2.48 bits per heavy atom. The molecule has 3 aromatic rings. The van der Waals surface area contributed by atoms with Gasteiger partial charge in [0.1, 0.15) is 5.75 Å². The summed E-state index contributed by atoms with van der Waals surface area (Å²) < 4.78 is 17.7. The second kappa shape index (κ2) is 17.3. The van der Waals surface area contributed by atoms with E-state index < -0.39 is 19.8 Å². The summed E-state index contributed by atoms with van der Waals surface area (Å²) in [6.07, 6.45) is 3.04. The molecule has 2 saturated heterocycles. The van der Waals surface area contributed by atoms with Crippen molar-refractivity contribution in [2.24, 2.45) is 11.8 Å². The molecular formula is C45H58N4O8Si. The van der Waals surface area contributed by atoms with Crippen molar-refractivity contribution in [3.05, 3.63) is 83.4 Å². The van der Waals surface area contributed by atoms with Crippen molar-refractivity contribution >= 4 is 48.3 Å². The maximum absolute atomic E-state index is 15.3. The van der Waals surface area contributed by atoms with Gasteiger partial charge >= 0.3 is 5.97 Å². The number of nitrogens with one attached hydrogen (secondary N) is 2. The van der Waals surface area contributed by atoms with Crippen molar-refractivity contribution in [2.45, 2.75) is 94.8 Å². The number of anilines is 2. The number of fused-ring (bicyclic) bond motifs is 3. The number of methoxy groups -OCH3 is 2. The van der Waals surface area contributed by atoms with Crippen LogP contribution in [0.5, 0.6) is 5.75 Å². The number of aliphatic hydroxyl groups excluding tert-OH is 1. The Balaban J connectivity index is 1.28. The number of amides is 3. The minimum atomic E-state index is -2.58. The second-order valence-electron chi connectivity index (χ2n) is 16.9. The van der Waals surface area contributed by atoms with Crippen LogP contribution < -0.4 is 25.5 Å². The summed E-state index contributed by atoms with van der Waals surface area (Å²) in [6.45, 7) is 8.74. The molecule has 4 aliphatic rings. The van der Waals surface area contributed by atoms with Crippen LogP contribution in [0.2, 0.25) is 18.6 Å². The second-order valence-corrected chi connectivity index (χ2v) is 21.6. The van der Waals surface area contributed by atoms with Gasteiger partial charge in [0.2, 0.25) is 11.8 Å². The molecule has 7 rings (SSSR count). The number of aliphatic hydroxyl groups is 1. The van der Waals surface area contributed by atoms with Gasteiger partial charge in [0, 0.05) is 43.2 Å². The highest BCUT2D eigenvalue weighted by Gasteiger charge is 2.66. The van der Waals surface area contributed by atoms with Crippen molar-refractivity contribution in [2.75, 3.05) is 50.7 Å². The molecule has 13 heteroatoms. The standard InChI is InChI=1S/C45H58N4O8Si/c1-29-42(58(4,5)36-18-16-35(55-2)17-19-36)39(25-40(51)49-27-32-12-7-6-11-30(32)23-34(49)28-50)57-45(29)37-24-33(47-43(53)31-13-10-21-46-26-31)15-20-38(37)48(44(45)54)22-9-8-14-41(52)56-3/h6-7,11-12,15-20,24,29,31,34,39,42,46,50H,8-10,13-14,21-23,25-28H2,1-5H3,(H,47,53)/t29-,31?,34+,39+,42-,45+/m1/s1. The van der Waals surface area contributed by atoms with Gasteiger partial charge < -0.3 is 39.8 Å². The molecule has 3 N–H and O–H groups in total. The summed E-state index contributed by atoms with van der Waals surface area (Å²) in [6, 6.07) is 21.4. The zero-order valence-corrected chi connectivity index (χ0v) is 35.4. The predicted molar refractivity (Wildman–Crippen MR) is 225 cm³/mol. The van der Waals surface area contributed by atoms with Gasteiger partial charge in [-0.05, 0) is 85.6 Å². The average molecular weight is 811 g/mol. The molecule has 3 amide bonds. The van der Waals surface area contributed by atoms with E-state index in [1.54, 1.807) is 16.9 Å². The third-order valence-corrected chi connectivity index (χ3v) is 17.6. The third kappa shape index (κ3) is 7.81. The highest BCUT2D eigenvalue weighted by atomic mass is 28.3. The Hall–Kier alpha value is -4.56. The van der Waals surface area contributed by atoms with Crippen LogP contribution in [0.1, 0.15) is 62.1 Å². The first kappa shape index (κ1) is 41.6. The molecule has 1 unspecified atom stereocenters. The number of esters is 1. The average Bonchev–Trinajstić information content (AvgIpc) is 3.67. The number of rotatable bonds is 13. The van der Waals surface area contributed by atoms with E-state index in [1.807, 2.05) is 48.5 Å². The maximum atomic E-state index is 15.3. The van der Waals surface area contributed by atoms with E-state index in [0.717, 1.165) is 41.4 Å². The van der Waals surface area contributed by atoms with Crippen molar-refractivity contribution in [1.29, 1.82) is 0 Å². The normalized spacial score (nSPS) is 25.3. The molecule has 4 aliphatic heterocycles. The molecule has 3 aromatic carbocycles. The van der Waals surface area contributed by atoms with Gasteiger partial charge in [0.05, 0.1) is 59.1 Å². The minimum absolute atomic E-state index is 0.0366. The van der Waals surface area contributed by atoms with Crippen LogP contribution in [-0.2, 0) is 47.2 Å². The summed E-state index contributed by atoms with van der Waals surface area (Å²) in [5.41, 5.74) is 2.52. The number of carbonyl (C=O) groups excluding carboxylic acids is 4. The molecule has 0 saturated carbocycles. The fourth-order valence-electron chi connectivity index (χ4n) is 10.1. The van der Waals surface area contributed by atoms with E-state index in [4.69, 9.17) is 14.2 Å². The van der Waals surface area contributed by atoms with E-state index in [9.17, 15) is 19.5 Å². The summed E-state index contributed by atoms with van der Waals surface area (Å²) >= 11 is 0. The lowest BCUT2D eigenvalue weighted by Gasteiger charge is -2.39. The molecule has 6 atom stereocenters. The molecule has 12 nitrogen and oxygen atoms in total. The van der Waals surface area contributed by atoms with E-state index in [-0.39, 0.29) is 66.6 Å². The van der Waals surface area contributed by atoms with Crippen LogP contribution >= 0.6 is 0 Å². The van der Waals surface area contributed by atoms with Crippen LogP contribution in [0.4, 0.5) is 11.4 Å². The number of unbranched alkanes of at least 4 members (excludes halogenated alkanes) is 1. The quantitative estimate of drug-likeness (QED) is 0.125. The zero-order chi connectivity index (χ0) is 41.2. The SMILES string of the molecule is COC(=O)CCCCN1C(=O)[C@@]2(O[C@@H](CC(=O)N3Cc4ccccc4C[C@H]3CO)[C@H]([Si](C)(C)c3ccc(OC)cc3)[C@H]2C)c2cc(NC(=O)C3CCCNC3)ccc21. The number of piperidine rings is 1. The summed E-state index contributed by atoms with van der Waals surface area (Å²) in [5, 5.41) is 18.1. The number of benzene rings is 3. The van der Waals surface area contributed by atoms with Crippen LogP contribution in [-0.4, -0.2) is 94.4 Å². The highest BCUT2D eigenvalue weighted by molar-refractivity contribution is 6.91. The highest BCUT2D eigenvalue weighted by Crippen LogP contribution is 2.60. The Kier molecular flexibility index (Phi) is 12.4. The first-order valence-electron chi connectivity index (χ1n) is 20.8. The van der Waals surface area contributed by atoms with Crippen LogP contribution in [0.15, 0.2) is 66.7 Å². The largest absolute Gasteiger partial charge is 0.497 e. The molecule has 0 bridgehead atoms. The van der Waals surface area contributed by atoms with Crippen molar-refractivity contribution in [1.82, 2.24) is 10.2 Å². The van der Waals surface area contributed by atoms with Gasteiger partial charge in [0.25, 0.3) is 5.91 Å². The lowest BCUT2D eigenvalue weighted by molar-refractivity contribution is -0.151. The number of nitrogens with zero attached hydrogens (tertiary/aromatic N) is 2. The molecule has 2 fully saturated rings. The van der Waals surface area contributed by atoms with Crippen molar-refractivity contribution in [3.63, 3.8) is 0 Å². The number of ether oxygens (including phenoxy) is 3. The Morgan fingerprint density at radius 1 is 1.03 bits per heavy atom. The first-order chi connectivity index (χ1) is 27.9. The Labute approximate surface area is 342 Å². The van der Waals surface area contributed by atoms with E-state index >= 15 is 4.79 Å². The van der Waals surface area contributed by atoms with Crippen molar-refractivity contribution < 1.29 is 38.5 Å². The van der Waals surface area contributed by atoms with Crippen LogP contribution in [0.25, 0.3) is 0 Å². The number of hydrogen-bond acceptors (Lipinski definition) is 9. The number of hydrogen-bond donors (Lipinski definition) is 3. The maximum Gasteiger partial charge on any atom is 0.305 e. The van der Waals surface area contributed by atoms with Crippen molar-refractivity contribution in [3.8, 4) is 5.75 Å². The number of carbonyl (C=O) groups is 4. The fraction of sp³-hybridized carbons (Fsp3) is 0.511. The lowest BCUT2D eigenvalue weighted by Crippen LogP contribution is -2.52. The monoisotopic (exact) mass is 810 g/mol. The molecular weight excluding hydrogens is 753 g/mol. The molecule has 4 heterocycles. The van der Waals surface area contributed by atoms with Gasteiger partial charge in [-0.25, -0.2) is 0 Å². The summed E-state index contributed by atoms with van der Waals surface area (Å²) in [4.78, 5) is 59.0. The van der Waals surface area contributed by atoms with Gasteiger partial charge in [-0.1, -0.05) is 61.6 Å². The summed E-state index contributed by atoms with van der Waals surface area (Å²) in [5.74, 6) is -0.480. The molecule has 58 heavy (non-hydrogen) atoms. The minimum Gasteiger partial charge on any atom is -0.497 e. The molecule has 1 spiro atoms. The van der Waals surface area contributed by atoms with E-state index in [2.05, 4.69) is 48.9 Å². The van der Waals surface area contributed by atoms with Gasteiger partial charge in [0.15, 0.2) is 5.60 Å². The van der Waals surface area contributed by atoms with E-state index in [0.29, 0.717) is 55.8 Å². The topological polar surface area (TPSA) is 147 Å². The molecule has 310 valence electrons. The lowest BCUT2D eigenvalue weighted by atomic mass is 9.82. The Bertz CT molecular complexity index is 2000. The van der Waals surface area contributed by atoms with Gasteiger partial charge in [-0.2, -0.15) is 0 Å². The third-order valence-electron chi connectivity index (χ3n) is 13.3. The summed E-state index contributed by atoms with van der Waals surface area (Å²) in [7, 11) is 0.426. The van der Waals surface area contributed by atoms with Crippen LogP contribution in [0, 0.1) is 11.8 Å².